The first kappa shape index (κ1) is 21.1. The number of hydrogen-bond acceptors (Lipinski definition) is 5. The van der Waals surface area contributed by atoms with Crippen LogP contribution in [0.1, 0.15) is 31.5 Å². The number of aliphatic hydroxyl groups is 1. The third kappa shape index (κ3) is 3.92. The van der Waals surface area contributed by atoms with Gasteiger partial charge in [-0.2, -0.15) is 5.26 Å². The van der Waals surface area contributed by atoms with Gasteiger partial charge in [0.1, 0.15) is 0 Å². The largest absolute Gasteiger partial charge is 0.395 e. The van der Waals surface area contributed by atoms with Gasteiger partial charge < -0.3 is 5.11 Å². The summed E-state index contributed by atoms with van der Waals surface area (Å²) in [6, 6.07) is 14.4. The third-order valence-electron chi connectivity index (χ3n) is 7.02. The molecule has 4 rings (SSSR count). The monoisotopic (exact) mass is 419 g/mol. The Labute approximate surface area is 183 Å². The predicted molar refractivity (Wildman–Crippen MR) is 123 cm³/mol. The average Bonchev–Trinajstić information content (AvgIpc) is 3.09. The molecule has 2 aromatic rings. The van der Waals surface area contributed by atoms with E-state index in [0.29, 0.717) is 35.3 Å². The number of allylic oxidation sites excluding steroid dienone is 1. The highest BCUT2D eigenvalue weighted by atomic mass is 32.2. The van der Waals surface area contributed by atoms with Crippen LogP contribution >= 0.6 is 11.9 Å². The zero-order chi connectivity index (χ0) is 21.3. The minimum atomic E-state index is 0.229. The summed E-state index contributed by atoms with van der Waals surface area (Å²) in [5.41, 5.74) is 3.46. The van der Waals surface area contributed by atoms with Crippen LogP contribution in [-0.4, -0.2) is 39.3 Å². The van der Waals surface area contributed by atoms with Crippen molar-refractivity contribution in [2.75, 3.05) is 13.7 Å². The van der Waals surface area contributed by atoms with Crippen molar-refractivity contribution in [1.82, 2.24) is 9.29 Å². The fourth-order valence-electron chi connectivity index (χ4n) is 5.15. The minimum Gasteiger partial charge on any atom is -0.395 e. The van der Waals surface area contributed by atoms with Crippen molar-refractivity contribution in [1.29, 1.82) is 5.26 Å². The molecule has 5 heteroatoms. The summed E-state index contributed by atoms with van der Waals surface area (Å²) in [7, 11) is 2.17. The predicted octanol–water partition coefficient (Wildman–Crippen LogP) is 4.86. The van der Waals surface area contributed by atoms with Crippen molar-refractivity contribution in [3.05, 3.63) is 59.9 Å². The highest BCUT2D eigenvalue weighted by Crippen LogP contribution is 2.51. The highest BCUT2D eigenvalue weighted by molar-refractivity contribution is 7.97. The maximum absolute atomic E-state index is 9.95. The van der Waals surface area contributed by atoms with Crippen LogP contribution in [-0.2, 0) is 0 Å². The number of nitrogens with zero attached hydrogens (tertiary/aromatic N) is 3. The molecule has 1 saturated carbocycles. The molecule has 0 spiro atoms. The Balaban J connectivity index is 1.57. The van der Waals surface area contributed by atoms with E-state index in [0.717, 1.165) is 16.8 Å². The molecule has 4 nitrogen and oxygen atoms in total. The van der Waals surface area contributed by atoms with Crippen LogP contribution in [0, 0.1) is 35.0 Å². The second-order valence-corrected chi connectivity index (χ2v) is 10.0. The van der Waals surface area contributed by atoms with Gasteiger partial charge in [-0.1, -0.05) is 56.1 Å². The van der Waals surface area contributed by atoms with Gasteiger partial charge in [-0.15, -0.1) is 0 Å². The number of fused-ring (bicyclic) bond motifs is 1. The number of hydrogen-bond donors (Lipinski definition) is 1. The number of aromatic nitrogens is 1. The molecular weight excluding hydrogens is 390 g/mol. The minimum absolute atomic E-state index is 0.229. The number of benzene rings is 1. The molecule has 1 aliphatic heterocycles. The number of aliphatic hydroxyl groups excluding tert-OH is 1. The summed E-state index contributed by atoms with van der Waals surface area (Å²) < 4.78 is 2.37. The number of pyridine rings is 1. The summed E-state index contributed by atoms with van der Waals surface area (Å²) in [6.07, 6.45) is 7.50. The molecule has 2 fully saturated rings. The van der Waals surface area contributed by atoms with E-state index >= 15 is 0 Å². The zero-order valence-electron chi connectivity index (χ0n) is 17.8. The van der Waals surface area contributed by atoms with Gasteiger partial charge in [0.25, 0.3) is 0 Å². The standard InChI is InChI=1S/C25H29N3OS/c1-16-12-23-25(24(15-29)30-28(23)3)21(17(16)2)11-10-20-9-8-19(14-27-20)22-7-5-4-6-18(22)13-26/h4-11,14,16-17,21,23-25,29H,12,15H2,1-3H3/b11-10+. The molecule has 6 unspecified atom stereocenters. The van der Waals surface area contributed by atoms with Crippen LogP contribution in [0.2, 0.25) is 0 Å². The summed E-state index contributed by atoms with van der Waals surface area (Å²) in [6.45, 7) is 4.93. The van der Waals surface area contributed by atoms with E-state index in [1.54, 1.807) is 0 Å². The summed E-state index contributed by atoms with van der Waals surface area (Å²) in [5, 5.41) is 19.6. The second kappa shape index (κ2) is 8.93. The van der Waals surface area contributed by atoms with Gasteiger partial charge in [0.15, 0.2) is 0 Å². The first-order valence-corrected chi connectivity index (χ1v) is 11.5. The van der Waals surface area contributed by atoms with E-state index in [2.05, 4.69) is 48.4 Å². The van der Waals surface area contributed by atoms with E-state index in [1.165, 1.54) is 6.42 Å². The lowest BCUT2D eigenvalue weighted by Crippen LogP contribution is -2.45. The molecule has 1 aromatic carbocycles. The van der Waals surface area contributed by atoms with E-state index in [-0.39, 0.29) is 11.9 Å². The molecule has 0 amide bonds. The Morgan fingerprint density at radius 1 is 1.27 bits per heavy atom. The lowest BCUT2D eigenvalue weighted by Gasteiger charge is -2.43. The quantitative estimate of drug-likeness (QED) is 0.717. The summed E-state index contributed by atoms with van der Waals surface area (Å²) in [4.78, 5) is 4.64. The fourth-order valence-corrected chi connectivity index (χ4v) is 6.53. The van der Waals surface area contributed by atoms with Gasteiger partial charge >= 0.3 is 0 Å². The average molecular weight is 420 g/mol. The smallest absolute Gasteiger partial charge is 0.0998 e. The van der Waals surface area contributed by atoms with Crippen molar-refractivity contribution in [2.24, 2.45) is 23.7 Å². The molecule has 1 aromatic heterocycles. The van der Waals surface area contributed by atoms with Gasteiger partial charge in [0, 0.05) is 28.6 Å². The Hall–Kier alpha value is -2.13. The lowest BCUT2D eigenvalue weighted by atomic mass is 9.64. The van der Waals surface area contributed by atoms with Crippen molar-refractivity contribution >= 4 is 18.0 Å². The topological polar surface area (TPSA) is 60.1 Å². The van der Waals surface area contributed by atoms with Gasteiger partial charge in [-0.05, 0) is 55.3 Å². The molecule has 1 saturated heterocycles. The summed E-state index contributed by atoms with van der Waals surface area (Å²) >= 11 is 1.81. The molecule has 0 bridgehead atoms. The Morgan fingerprint density at radius 3 is 2.77 bits per heavy atom. The maximum Gasteiger partial charge on any atom is 0.0998 e. The number of rotatable bonds is 4. The van der Waals surface area contributed by atoms with Crippen LogP contribution in [0.5, 0.6) is 0 Å². The molecule has 1 N–H and O–H groups in total. The summed E-state index contributed by atoms with van der Waals surface area (Å²) in [5.74, 6) is 2.12. The van der Waals surface area contributed by atoms with Crippen LogP contribution < -0.4 is 0 Å². The van der Waals surface area contributed by atoms with Crippen LogP contribution in [0.25, 0.3) is 17.2 Å². The van der Waals surface area contributed by atoms with E-state index < -0.39 is 0 Å². The fraction of sp³-hybridized carbons (Fsp3) is 0.440. The van der Waals surface area contributed by atoms with Gasteiger partial charge in [-0.3, -0.25) is 4.98 Å². The van der Waals surface area contributed by atoms with Gasteiger partial charge in [-0.25, -0.2) is 4.31 Å². The molecule has 30 heavy (non-hydrogen) atoms. The van der Waals surface area contributed by atoms with Crippen LogP contribution in [0.3, 0.4) is 0 Å². The molecule has 6 atom stereocenters. The Morgan fingerprint density at radius 2 is 2.07 bits per heavy atom. The van der Waals surface area contributed by atoms with Crippen molar-refractivity contribution in [2.45, 2.75) is 31.6 Å². The van der Waals surface area contributed by atoms with Crippen molar-refractivity contribution < 1.29 is 5.11 Å². The molecule has 1 aliphatic carbocycles. The van der Waals surface area contributed by atoms with Crippen molar-refractivity contribution in [3.8, 4) is 17.2 Å². The Bertz CT molecular complexity index is 952. The third-order valence-corrected chi connectivity index (χ3v) is 8.36. The number of nitriles is 1. The second-order valence-electron chi connectivity index (χ2n) is 8.66. The molecule has 0 radical (unpaired) electrons. The van der Waals surface area contributed by atoms with E-state index in [1.807, 2.05) is 54.5 Å². The SMILES string of the molecule is CC1CC2C(C(CO)SN2C)C(/C=C/c2ccc(-c3ccccc3C#N)cn2)C1C. The van der Waals surface area contributed by atoms with Gasteiger partial charge in [0.2, 0.25) is 0 Å². The molecular formula is C25H29N3OS. The normalized spacial score (nSPS) is 31.6. The van der Waals surface area contributed by atoms with E-state index in [4.69, 9.17) is 0 Å². The first-order chi connectivity index (χ1) is 14.5. The van der Waals surface area contributed by atoms with Crippen molar-refractivity contribution in [3.63, 3.8) is 0 Å². The Kier molecular flexibility index (Phi) is 6.29. The van der Waals surface area contributed by atoms with E-state index in [9.17, 15) is 10.4 Å². The highest BCUT2D eigenvalue weighted by Gasteiger charge is 2.49. The van der Waals surface area contributed by atoms with Crippen LogP contribution in [0.15, 0.2) is 48.7 Å². The van der Waals surface area contributed by atoms with Crippen LogP contribution in [0.4, 0.5) is 0 Å². The zero-order valence-corrected chi connectivity index (χ0v) is 18.6. The molecule has 2 aliphatic rings. The van der Waals surface area contributed by atoms with Gasteiger partial charge in [0.05, 0.1) is 23.9 Å². The maximum atomic E-state index is 9.95. The lowest BCUT2D eigenvalue weighted by molar-refractivity contribution is 0.0820. The molecule has 2 heterocycles. The first-order valence-electron chi connectivity index (χ1n) is 10.7. The molecule has 156 valence electrons.